The van der Waals surface area contributed by atoms with Gasteiger partial charge in [-0.05, 0) is 43.2 Å². The first kappa shape index (κ1) is 14.6. The van der Waals surface area contributed by atoms with E-state index in [1.807, 2.05) is 36.5 Å². The van der Waals surface area contributed by atoms with Gasteiger partial charge in [0.2, 0.25) is 0 Å². The lowest BCUT2D eigenvalue weighted by Gasteiger charge is -2.07. The van der Waals surface area contributed by atoms with Gasteiger partial charge < -0.3 is 5.32 Å². The molecule has 0 bridgehead atoms. The molecule has 0 aliphatic heterocycles. The van der Waals surface area contributed by atoms with Crippen molar-refractivity contribution in [3.8, 4) is 5.69 Å². The standard InChI is InChI=1S/C18H17N5O/c24-18(14-3-1-4-16(9-14)23-8-2-7-22-23)19-11-15-10-17(13-5-6-13)21-12-20-15/h1-4,7-10,12-13H,5-6,11H2,(H,19,24). The van der Waals surface area contributed by atoms with Crippen LogP contribution in [0.3, 0.4) is 0 Å². The zero-order chi connectivity index (χ0) is 16.4. The van der Waals surface area contributed by atoms with Gasteiger partial charge in [0.15, 0.2) is 0 Å². The van der Waals surface area contributed by atoms with E-state index in [-0.39, 0.29) is 5.91 Å². The maximum absolute atomic E-state index is 12.4. The van der Waals surface area contributed by atoms with Crippen LogP contribution in [0.4, 0.5) is 0 Å². The third kappa shape index (κ3) is 3.17. The molecule has 1 saturated carbocycles. The summed E-state index contributed by atoms with van der Waals surface area (Å²) in [6.45, 7) is 0.396. The van der Waals surface area contributed by atoms with Gasteiger partial charge in [0.25, 0.3) is 5.91 Å². The van der Waals surface area contributed by atoms with E-state index >= 15 is 0 Å². The Labute approximate surface area is 139 Å². The normalized spacial score (nSPS) is 13.7. The molecular weight excluding hydrogens is 302 g/mol. The van der Waals surface area contributed by atoms with E-state index in [2.05, 4.69) is 20.4 Å². The minimum atomic E-state index is -0.129. The van der Waals surface area contributed by atoms with Gasteiger partial charge >= 0.3 is 0 Å². The van der Waals surface area contributed by atoms with Crippen molar-refractivity contribution in [1.29, 1.82) is 0 Å². The van der Waals surface area contributed by atoms with Crippen molar-refractivity contribution in [3.63, 3.8) is 0 Å². The molecule has 0 radical (unpaired) electrons. The highest BCUT2D eigenvalue weighted by atomic mass is 16.1. The Kier molecular flexibility index (Phi) is 3.78. The molecule has 24 heavy (non-hydrogen) atoms. The van der Waals surface area contributed by atoms with E-state index in [0.717, 1.165) is 17.1 Å². The highest BCUT2D eigenvalue weighted by Crippen LogP contribution is 2.38. The third-order valence-electron chi connectivity index (χ3n) is 4.05. The summed E-state index contributed by atoms with van der Waals surface area (Å²) in [5, 5.41) is 7.10. The number of aromatic nitrogens is 4. The molecule has 0 saturated heterocycles. The lowest BCUT2D eigenvalue weighted by molar-refractivity contribution is 0.0950. The first-order valence-electron chi connectivity index (χ1n) is 7.99. The smallest absolute Gasteiger partial charge is 0.251 e. The Morgan fingerprint density at radius 3 is 2.92 bits per heavy atom. The van der Waals surface area contributed by atoms with Gasteiger partial charge in [-0.25, -0.2) is 14.6 Å². The van der Waals surface area contributed by atoms with Gasteiger partial charge in [0.05, 0.1) is 17.9 Å². The molecule has 0 spiro atoms. The zero-order valence-electron chi connectivity index (χ0n) is 13.1. The lowest BCUT2D eigenvalue weighted by Crippen LogP contribution is -2.23. The molecule has 0 unspecified atom stereocenters. The SMILES string of the molecule is O=C(NCc1cc(C2CC2)ncn1)c1cccc(-n2cccn2)c1. The van der Waals surface area contributed by atoms with E-state index in [1.54, 1.807) is 23.3 Å². The van der Waals surface area contributed by atoms with Crippen LogP contribution in [0.2, 0.25) is 0 Å². The van der Waals surface area contributed by atoms with Gasteiger partial charge in [-0.1, -0.05) is 6.07 Å². The molecule has 2 aromatic heterocycles. The summed E-state index contributed by atoms with van der Waals surface area (Å²) < 4.78 is 1.73. The Hall–Kier alpha value is -3.02. The fourth-order valence-corrected chi connectivity index (χ4v) is 2.60. The van der Waals surface area contributed by atoms with Crippen LogP contribution in [0.5, 0.6) is 0 Å². The van der Waals surface area contributed by atoms with Crippen molar-refractivity contribution in [1.82, 2.24) is 25.1 Å². The topological polar surface area (TPSA) is 72.7 Å². The highest BCUT2D eigenvalue weighted by Gasteiger charge is 2.25. The highest BCUT2D eigenvalue weighted by molar-refractivity contribution is 5.94. The molecule has 1 aliphatic carbocycles. The molecular formula is C18H17N5O. The fourth-order valence-electron chi connectivity index (χ4n) is 2.60. The first-order valence-corrected chi connectivity index (χ1v) is 7.99. The average molecular weight is 319 g/mol. The van der Waals surface area contributed by atoms with Crippen LogP contribution in [-0.2, 0) is 6.54 Å². The second-order valence-corrected chi connectivity index (χ2v) is 5.89. The van der Waals surface area contributed by atoms with Crippen LogP contribution in [0.25, 0.3) is 5.69 Å². The van der Waals surface area contributed by atoms with Gasteiger partial charge in [-0.3, -0.25) is 4.79 Å². The van der Waals surface area contributed by atoms with Crippen molar-refractivity contribution in [3.05, 3.63) is 72.1 Å². The van der Waals surface area contributed by atoms with E-state index in [9.17, 15) is 4.79 Å². The van der Waals surface area contributed by atoms with Crippen LogP contribution < -0.4 is 5.32 Å². The maximum Gasteiger partial charge on any atom is 0.251 e. The van der Waals surface area contributed by atoms with Crippen molar-refractivity contribution in [2.24, 2.45) is 0 Å². The molecule has 1 amide bonds. The molecule has 2 heterocycles. The number of amides is 1. The van der Waals surface area contributed by atoms with Gasteiger partial charge in [0, 0.05) is 29.6 Å². The summed E-state index contributed by atoms with van der Waals surface area (Å²) in [6, 6.07) is 11.2. The van der Waals surface area contributed by atoms with Crippen LogP contribution in [0.1, 0.15) is 40.5 Å². The maximum atomic E-state index is 12.4. The molecule has 3 aromatic rings. The van der Waals surface area contributed by atoms with E-state index in [1.165, 1.54) is 12.8 Å². The predicted octanol–water partition coefficient (Wildman–Crippen LogP) is 2.47. The van der Waals surface area contributed by atoms with Crippen molar-refractivity contribution < 1.29 is 4.79 Å². The Morgan fingerprint density at radius 2 is 2.12 bits per heavy atom. The predicted molar refractivity (Wildman–Crippen MR) is 88.7 cm³/mol. The van der Waals surface area contributed by atoms with E-state index in [4.69, 9.17) is 0 Å². The van der Waals surface area contributed by atoms with Crippen molar-refractivity contribution in [2.75, 3.05) is 0 Å². The molecule has 1 aromatic carbocycles. The molecule has 4 rings (SSSR count). The molecule has 1 fully saturated rings. The number of hydrogen-bond donors (Lipinski definition) is 1. The minimum absolute atomic E-state index is 0.129. The third-order valence-corrected chi connectivity index (χ3v) is 4.05. The lowest BCUT2D eigenvalue weighted by atomic mass is 10.2. The van der Waals surface area contributed by atoms with Crippen molar-refractivity contribution in [2.45, 2.75) is 25.3 Å². The van der Waals surface area contributed by atoms with Gasteiger partial charge in [-0.15, -0.1) is 0 Å². The second-order valence-electron chi connectivity index (χ2n) is 5.89. The number of nitrogens with one attached hydrogen (secondary N) is 1. The molecule has 6 nitrogen and oxygen atoms in total. The second kappa shape index (κ2) is 6.23. The quantitative estimate of drug-likeness (QED) is 0.784. The summed E-state index contributed by atoms with van der Waals surface area (Å²) in [6.07, 6.45) is 7.52. The molecule has 6 heteroatoms. The van der Waals surface area contributed by atoms with Crippen LogP contribution in [-0.4, -0.2) is 25.7 Å². The molecule has 1 aliphatic rings. The first-order chi connectivity index (χ1) is 11.8. The molecule has 0 atom stereocenters. The van der Waals surface area contributed by atoms with E-state index in [0.29, 0.717) is 18.0 Å². The number of rotatable bonds is 5. The Morgan fingerprint density at radius 1 is 1.21 bits per heavy atom. The summed E-state index contributed by atoms with van der Waals surface area (Å²) >= 11 is 0. The minimum Gasteiger partial charge on any atom is -0.346 e. The number of benzene rings is 1. The largest absolute Gasteiger partial charge is 0.346 e. The van der Waals surface area contributed by atoms with Gasteiger partial charge in [0.1, 0.15) is 6.33 Å². The zero-order valence-corrected chi connectivity index (χ0v) is 13.1. The Balaban J connectivity index is 1.44. The number of hydrogen-bond acceptors (Lipinski definition) is 4. The number of carbonyl (C=O) groups is 1. The molecule has 120 valence electrons. The number of carbonyl (C=O) groups excluding carboxylic acids is 1. The summed E-state index contributed by atoms with van der Waals surface area (Å²) in [4.78, 5) is 20.9. The van der Waals surface area contributed by atoms with E-state index < -0.39 is 0 Å². The van der Waals surface area contributed by atoms with Gasteiger partial charge in [-0.2, -0.15) is 5.10 Å². The monoisotopic (exact) mass is 319 g/mol. The van der Waals surface area contributed by atoms with Crippen LogP contribution in [0, 0.1) is 0 Å². The Bertz CT molecular complexity index is 855. The molecule has 1 N–H and O–H groups in total. The summed E-state index contributed by atoms with van der Waals surface area (Å²) in [5.41, 5.74) is 3.36. The fraction of sp³-hybridized carbons (Fsp3) is 0.222. The average Bonchev–Trinajstić information content (AvgIpc) is 3.34. The van der Waals surface area contributed by atoms with Crippen LogP contribution in [0.15, 0.2) is 55.1 Å². The van der Waals surface area contributed by atoms with Crippen molar-refractivity contribution >= 4 is 5.91 Å². The van der Waals surface area contributed by atoms with Crippen LogP contribution >= 0.6 is 0 Å². The summed E-state index contributed by atoms with van der Waals surface area (Å²) in [7, 11) is 0. The number of nitrogens with zero attached hydrogens (tertiary/aromatic N) is 4. The summed E-state index contributed by atoms with van der Waals surface area (Å²) in [5.74, 6) is 0.448.